The van der Waals surface area contributed by atoms with Crippen LogP contribution in [0.2, 0.25) is 0 Å². The number of aromatic nitrogens is 4. The van der Waals surface area contributed by atoms with Gasteiger partial charge in [-0.05, 0) is 56.3 Å². The quantitative estimate of drug-likeness (QED) is 0.192. The lowest BCUT2D eigenvalue weighted by atomic mass is 9.88. The summed E-state index contributed by atoms with van der Waals surface area (Å²) in [6, 6.07) is 47.7. The maximum atomic E-state index is 5.35. The fourth-order valence-corrected chi connectivity index (χ4v) is 6.34. The zero-order valence-electron chi connectivity index (χ0n) is 25.7. The molecule has 3 heterocycles. The number of fused-ring (bicyclic) bond motifs is 3. The molecule has 0 unspecified atom stereocenters. The van der Waals surface area contributed by atoms with Crippen molar-refractivity contribution in [2.24, 2.45) is 0 Å². The number of hydrogen-bond acceptors (Lipinski definition) is 5. The fraction of sp³-hybridized carbons (Fsp3) is 0.0732. The van der Waals surface area contributed by atoms with Crippen molar-refractivity contribution in [3.05, 3.63) is 163 Å². The van der Waals surface area contributed by atoms with E-state index in [9.17, 15) is 0 Å². The molecule has 46 heavy (non-hydrogen) atoms. The van der Waals surface area contributed by atoms with E-state index in [1.54, 1.807) is 0 Å². The molecule has 0 spiro atoms. The average Bonchev–Trinajstić information content (AvgIpc) is 3.34. The molecule has 0 bridgehead atoms. The van der Waals surface area contributed by atoms with Crippen LogP contribution in [0.5, 0.6) is 0 Å². The molecule has 3 aromatic heterocycles. The third-order valence-electron chi connectivity index (χ3n) is 8.65. The van der Waals surface area contributed by atoms with E-state index in [-0.39, 0.29) is 0 Å². The van der Waals surface area contributed by atoms with Crippen molar-refractivity contribution in [2.75, 3.05) is 4.90 Å². The lowest BCUT2D eigenvalue weighted by molar-refractivity contribution is 0.615. The van der Waals surface area contributed by atoms with E-state index in [1.807, 2.05) is 60.9 Å². The Labute approximate surface area is 269 Å². The Morgan fingerprint density at radius 3 is 1.54 bits per heavy atom. The predicted molar refractivity (Wildman–Crippen MR) is 186 cm³/mol. The minimum Gasteiger partial charge on any atom is -0.309 e. The summed E-state index contributed by atoms with van der Waals surface area (Å²) in [7, 11) is 0. The smallest absolute Gasteiger partial charge is 0.0973 e. The van der Waals surface area contributed by atoms with Crippen molar-refractivity contribution in [3.8, 4) is 45.0 Å². The zero-order chi connectivity index (χ0) is 31.1. The number of hydrogen-bond donors (Lipinski definition) is 0. The molecule has 0 N–H and O–H groups in total. The van der Waals surface area contributed by atoms with Gasteiger partial charge in [-0.25, -0.2) is 9.97 Å². The van der Waals surface area contributed by atoms with Crippen molar-refractivity contribution in [3.63, 3.8) is 0 Å². The van der Waals surface area contributed by atoms with Gasteiger partial charge in [0.05, 0.1) is 51.5 Å². The van der Waals surface area contributed by atoms with Crippen LogP contribution in [0.25, 0.3) is 45.0 Å². The van der Waals surface area contributed by atoms with Gasteiger partial charge in [-0.1, -0.05) is 97.1 Å². The maximum Gasteiger partial charge on any atom is 0.0973 e. The van der Waals surface area contributed by atoms with Gasteiger partial charge < -0.3 is 4.90 Å². The molecule has 7 aromatic rings. The van der Waals surface area contributed by atoms with Gasteiger partial charge >= 0.3 is 0 Å². The van der Waals surface area contributed by atoms with Crippen molar-refractivity contribution in [1.82, 2.24) is 19.9 Å². The number of benzene rings is 4. The summed E-state index contributed by atoms with van der Waals surface area (Å²) in [5.41, 5.74) is 12.1. The first-order chi connectivity index (χ1) is 22.6. The van der Waals surface area contributed by atoms with E-state index in [0.29, 0.717) is 0 Å². The summed E-state index contributed by atoms with van der Waals surface area (Å²) in [6.45, 7) is 4.37. The van der Waals surface area contributed by atoms with E-state index in [4.69, 9.17) is 19.9 Å². The summed E-state index contributed by atoms with van der Waals surface area (Å²) in [5.74, 6) is 0. The van der Waals surface area contributed by atoms with Gasteiger partial charge in [0.15, 0.2) is 0 Å². The second-order valence-corrected chi connectivity index (χ2v) is 12.0. The van der Waals surface area contributed by atoms with Crippen molar-refractivity contribution in [1.29, 1.82) is 0 Å². The van der Waals surface area contributed by atoms with E-state index < -0.39 is 5.41 Å². The van der Waals surface area contributed by atoms with Crippen LogP contribution in [0.3, 0.4) is 0 Å². The zero-order valence-corrected chi connectivity index (χ0v) is 25.7. The molecule has 0 fully saturated rings. The maximum absolute atomic E-state index is 5.35. The van der Waals surface area contributed by atoms with Crippen LogP contribution < -0.4 is 4.90 Å². The van der Waals surface area contributed by atoms with Gasteiger partial charge in [0, 0.05) is 39.8 Å². The second kappa shape index (κ2) is 11.2. The highest BCUT2D eigenvalue weighted by Gasteiger charge is 2.41. The molecule has 220 valence electrons. The third-order valence-corrected chi connectivity index (χ3v) is 8.65. The Balaban J connectivity index is 1.22. The monoisotopic (exact) mass is 593 g/mol. The summed E-state index contributed by atoms with van der Waals surface area (Å²) in [6.07, 6.45) is 3.86. The van der Waals surface area contributed by atoms with Crippen molar-refractivity contribution in [2.45, 2.75) is 19.3 Å². The van der Waals surface area contributed by atoms with Crippen LogP contribution in [0.4, 0.5) is 17.1 Å². The first kappa shape index (κ1) is 27.6. The normalized spacial score (nSPS) is 12.7. The van der Waals surface area contributed by atoms with Crippen LogP contribution in [0.1, 0.15) is 25.2 Å². The van der Waals surface area contributed by atoms with Crippen LogP contribution in [-0.2, 0) is 5.41 Å². The summed E-state index contributed by atoms with van der Waals surface area (Å²) < 4.78 is 0. The highest BCUT2D eigenvalue weighted by atomic mass is 15.1. The van der Waals surface area contributed by atoms with Crippen LogP contribution >= 0.6 is 0 Å². The molecule has 1 aliphatic carbocycles. The van der Waals surface area contributed by atoms with Gasteiger partial charge in [0.1, 0.15) is 0 Å². The van der Waals surface area contributed by atoms with E-state index in [2.05, 4.69) is 110 Å². The van der Waals surface area contributed by atoms with Crippen molar-refractivity contribution < 1.29 is 0 Å². The minimum absolute atomic E-state index is 0.405. The molecule has 5 heteroatoms. The molecule has 5 nitrogen and oxygen atoms in total. The highest BCUT2D eigenvalue weighted by Crippen LogP contribution is 2.48. The summed E-state index contributed by atoms with van der Waals surface area (Å²) in [4.78, 5) is 22.9. The molecule has 0 amide bonds. The molecule has 4 aromatic carbocycles. The largest absolute Gasteiger partial charge is 0.309 e. The number of para-hydroxylation sites is 2. The average molecular weight is 594 g/mol. The lowest BCUT2D eigenvalue weighted by Crippen LogP contribution is -2.19. The highest BCUT2D eigenvalue weighted by molar-refractivity contribution is 5.85. The van der Waals surface area contributed by atoms with E-state index >= 15 is 0 Å². The van der Waals surface area contributed by atoms with Gasteiger partial charge in [-0.2, -0.15) is 0 Å². The molecule has 0 saturated heterocycles. The van der Waals surface area contributed by atoms with Crippen LogP contribution in [0, 0.1) is 0 Å². The molecule has 0 radical (unpaired) electrons. The van der Waals surface area contributed by atoms with Crippen LogP contribution in [-0.4, -0.2) is 19.9 Å². The molecule has 8 rings (SSSR count). The van der Waals surface area contributed by atoms with E-state index in [0.717, 1.165) is 73.5 Å². The summed E-state index contributed by atoms with van der Waals surface area (Å²) in [5, 5.41) is 0. The number of anilines is 3. The fourth-order valence-electron chi connectivity index (χ4n) is 6.34. The Morgan fingerprint density at radius 2 is 1.00 bits per heavy atom. The van der Waals surface area contributed by atoms with E-state index in [1.165, 1.54) is 0 Å². The lowest BCUT2D eigenvalue weighted by Gasteiger charge is -2.25. The number of nitrogens with zero attached hydrogens (tertiary/aromatic N) is 5. The topological polar surface area (TPSA) is 54.8 Å². The van der Waals surface area contributed by atoms with Crippen molar-refractivity contribution >= 4 is 17.1 Å². The Hall–Kier alpha value is -5.94. The Kier molecular flexibility index (Phi) is 6.72. The van der Waals surface area contributed by atoms with Gasteiger partial charge in [-0.3, -0.25) is 9.97 Å². The standard InChI is InChI=1S/C41H31N5/c1-41(2)39-34(38-40(41)45-37(29-17-9-4-10-18-29)36(44-38)28-15-7-3-8-16-28)25-30(26-43-39)35-24-23-33(27-42-35)46(31-19-11-5-12-20-31)32-21-13-6-14-22-32/h3-27H,1-2H3. The van der Waals surface area contributed by atoms with Gasteiger partial charge in [0.2, 0.25) is 0 Å². The molecular weight excluding hydrogens is 562 g/mol. The molecular formula is C41H31N5. The SMILES string of the molecule is CC1(C)c2ncc(-c3ccc(N(c4ccccc4)c4ccccc4)cn3)cc2-c2nc(-c3ccccc3)c(-c3ccccc3)nc21. The third kappa shape index (κ3) is 4.74. The predicted octanol–water partition coefficient (Wildman–Crippen LogP) is 10.0. The first-order valence-corrected chi connectivity index (χ1v) is 15.5. The number of pyridine rings is 2. The van der Waals surface area contributed by atoms with Gasteiger partial charge in [0.25, 0.3) is 0 Å². The van der Waals surface area contributed by atoms with Crippen LogP contribution in [0.15, 0.2) is 152 Å². The summed E-state index contributed by atoms with van der Waals surface area (Å²) >= 11 is 0. The Morgan fingerprint density at radius 1 is 0.457 bits per heavy atom. The molecule has 1 aliphatic rings. The minimum atomic E-state index is -0.405. The molecule has 0 saturated carbocycles. The first-order valence-electron chi connectivity index (χ1n) is 15.5. The second-order valence-electron chi connectivity index (χ2n) is 12.0. The Bertz CT molecular complexity index is 2110. The molecule has 0 aliphatic heterocycles. The van der Waals surface area contributed by atoms with Gasteiger partial charge in [-0.15, -0.1) is 0 Å². The molecule has 0 atom stereocenters. The number of rotatable bonds is 6.